The number of halogens is 1. The molecule has 0 unspecified atom stereocenters. The Morgan fingerprint density at radius 1 is 1.42 bits per heavy atom. The second-order valence-electron chi connectivity index (χ2n) is 2.52. The quantitative estimate of drug-likeness (QED) is 0.603. The van der Waals surface area contributed by atoms with Crippen molar-refractivity contribution in [3.05, 3.63) is 47.2 Å². The first-order valence-electron chi connectivity index (χ1n) is 3.92. The summed E-state index contributed by atoms with van der Waals surface area (Å²) < 4.78 is 0. The summed E-state index contributed by atoms with van der Waals surface area (Å²) in [6, 6.07) is 7.73. The van der Waals surface area contributed by atoms with Gasteiger partial charge in [0.1, 0.15) is 0 Å². The standard InChI is InChI=1S/C11H11Cl/c1-3-9(4-2)10-5-7-11(12)8-6-10/h5-8H,1,4H2,2H3. The Morgan fingerprint density at radius 3 is 2.42 bits per heavy atom. The third-order valence-corrected chi connectivity index (χ3v) is 2.01. The molecule has 0 nitrogen and oxygen atoms in total. The highest BCUT2D eigenvalue weighted by atomic mass is 35.5. The van der Waals surface area contributed by atoms with Crippen LogP contribution in [0.2, 0.25) is 5.02 Å². The van der Waals surface area contributed by atoms with Crippen LogP contribution in [0.25, 0.3) is 5.57 Å². The van der Waals surface area contributed by atoms with Crippen LogP contribution in [0.1, 0.15) is 18.9 Å². The van der Waals surface area contributed by atoms with Gasteiger partial charge in [-0.15, -0.1) is 5.73 Å². The first kappa shape index (κ1) is 9.12. The van der Waals surface area contributed by atoms with Crippen LogP contribution in [-0.2, 0) is 0 Å². The average Bonchev–Trinajstić information content (AvgIpc) is 2.10. The maximum Gasteiger partial charge on any atom is 0.0406 e. The first-order chi connectivity index (χ1) is 5.77. The summed E-state index contributed by atoms with van der Waals surface area (Å²) in [6.07, 6.45) is 0.950. The van der Waals surface area contributed by atoms with Gasteiger partial charge in [0.2, 0.25) is 0 Å². The van der Waals surface area contributed by atoms with Crippen molar-refractivity contribution in [1.29, 1.82) is 0 Å². The summed E-state index contributed by atoms with van der Waals surface area (Å²) in [4.78, 5) is 0. The maximum absolute atomic E-state index is 5.76. The lowest BCUT2D eigenvalue weighted by atomic mass is 10.1. The van der Waals surface area contributed by atoms with Gasteiger partial charge in [0.05, 0.1) is 0 Å². The largest absolute Gasteiger partial charge is 0.125 e. The van der Waals surface area contributed by atoms with Crippen molar-refractivity contribution < 1.29 is 0 Å². The van der Waals surface area contributed by atoms with E-state index < -0.39 is 0 Å². The van der Waals surface area contributed by atoms with E-state index in [2.05, 4.69) is 19.2 Å². The Bertz CT molecular complexity index is 302. The molecule has 0 spiro atoms. The molecule has 0 saturated heterocycles. The molecule has 0 amide bonds. The zero-order valence-electron chi connectivity index (χ0n) is 7.10. The highest BCUT2D eigenvalue weighted by Crippen LogP contribution is 2.18. The molecule has 0 radical (unpaired) electrons. The van der Waals surface area contributed by atoms with E-state index >= 15 is 0 Å². The van der Waals surface area contributed by atoms with E-state index in [1.54, 1.807) is 0 Å². The predicted molar refractivity (Wildman–Crippen MR) is 54.3 cm³/mol. The van der Waals surface area contributed by atoms with E-state index in [1.165, 1.54) is 0 Å². The van der Waals surface area contributed by atoms with Crippen molar-refractivity contribution in [3.63, 3.8) is 0 Å². The van der Waals surface area contributed by atoms with E-state index in [0.29, 0.717) is 0 Å². The van der Waals surface area contributed by atoms with Crippen LogP contribution in [-0.4, -0.2) is 0 Å². The van der Waals surface area contributed by atoms with Crippen molar-refractivity contribution in [2.24, 2.45) is 0 Å². The van der Waals surface area contributed by atoms with Gasteiger partial charge in [0, 0.05) is 10.6 Å². The van der Waals surface area contributed by atoms with Crippen LogP contribution < -0.4 is 0 Å². The monoisotopic (exact) mass is 178 g/mol. The molecule has 1 rings (SSSR count). The minimum absolute atomic E-state index is 0.762. The van der Waals surface area contributed by atoms with Crippen LogP contribution >= 0.6 is 11.6 Å². The lowest BCUT2D eigenvalue weighted by Crippen LogP contribution is -1.79. The van der Waals surface area contributed by atoms with Gasteiger partial charge in [-0.25, -0.2) is 0 Å². The number of rotatable bonds is 2. The summed E-state index contributed by atoms with van der Waals surface area (Å²) in [5, 5.41) is 0.762. The lowest BCUT2D eigenvalue weighted by molar-refractivity contribution is 1.24. The van der Waals surface area contributed by atoms with Gasteiger partial charge in [-0.3, -0.25) is 0 Å². The molecular formula is C11H11Cl. The van der Waals surface area contributed by atoms with Crippen LogP contribution in [0, 0.1) is 0 Å². The molecule has 0 aliphatic carbocycles. The Hall–Kier alpha value is -0.970. The molecule has 0 heterocycles. The normalized spacial score (nSPS) is 9.17. The number of benzene rings is 1. The zero-order chi connectivity index (χ0) is 8.97. The third kappa shape index (κ3) is 2.01. The van der Waals surface area contributed by atoms with Gasteiger partial charge < -0.3 is 0 Å². The molecule has 1 aromatic carbocycles. The highest BCUT2D eigenvalue weighted by molar-refractivity contribution is 6.30. The lowest BCUT2D eigenvalue weighted by Gasteiger charge is -2.00. The number of allylic oxidation sites excluding steroid dienone is 1. The van der Waals surface area contributed by atoms with E-state index in [1.807, 2.05) is 24.3 Å². The van der Waals surface area contributed by atoms with Crippen LogP contribution in [0.5, 0.6) is 0 Å². The fraction of sp³-hybridized carbons (Fsp3) is 0.182. The highest BCUT2D eigenvalue weighted by Gasteiger charge is 1.96. The van der Waals surface area contributed by atoms with Crippen LogP contribution in [0.4, 0.5) is 0 Å². The van der Waals surface area contributed by atoms with Crippen molar-refractivity contribution in [2.75, 3.05) is 0 Å². The number of hydrogen-bond donors (Lipinski definition) is 0. The van der Waals surface area contributed by atoms with Crippen molar-refractivity contribution in [2.45, 2.75) is 13.3 Å². The maximum atomic E-state index is 5.76. The second-order valence-corrected chi connectivity index (χ2v) is 2.95. The van der Waals surface area contributed by atoms with Gasteiger partial charge in [0.15, 0.2) is 0 Å². The second kappa shape index (κ2) is 4.15. The average molecular weight is 179 g/mol. The molecule has 1 heteroatoms. The summed E-state index contributed by atoms with van der Waals surface area (Å²) in [5.41, 5.74) is 5.19. The fourth-order valence-corrected chi connectivity index (χ4v) is 1.21. The van der Waals surface area contributed by atoms with Gasteiger partial charge in [-0.1, -0.05) is 37.2 Å². The van der Waals surface area contributed by atoms with E-state index in [4.69, 9.17) is 11.6 Å². The zero-order valence-corrected chi connectivity index (χ0v) is 7.86. The molecular weight excluding hydrogens is 168 g/mol. The third-order valence-electron chi connectivity index (χ3n) is 1.76. The predicted octanol–water partition coefficient (Wildman–Crippen LogP) is 3.92. The molecule has 0 fully saturated rings. The molecule has 0 atom stereocenters. The van der Waals surface area contributed by atoms with Gasteiger partial charge in [0.25, 0.3) is 0 Å². The molecule has 1 aromatic rings. The van der Waals surface area contributed by atoms with Gasteiger partial charge >= 0.3 is 0 Å². The molecule has 0 aromatic heterocycles. The Morgan fingerprint density at radius 2 is 2.00 bits per heavy atom. The molecule has 0 saturated carbocycles. The summed E-state index contributed by atoms with van der Waals surface area (Å²) in [5.74, 6) is 0. The Labute approximate surface area is 78.2 Å². The van der Waals surface area contributed by atoms with Crippen molar-refractivity contribution >= 4 is 17.2 Å². The molecule has 12 heavy (non-hydrogen) atoms. The van der Waals surface area contributed by atoms with Crippen LogP contribution in [0.15, 0.2) is 36.6 Å². The molecule has 0 N–H and O–H groups in total. The van der Waals surface area contributed by atoms with Gasteiger partial charge in [-0.05, 0) is 24.1 Å². The molecule has 0 bridgehead atoms. The summed E-state index contributed by atoms with van der Waals surface area (Å²) >= 11 is 5.76. The fourth-order valence-electron chi connectivity index (χ4n) is 1.08. The van der Waals surface area contributed by atoms with E-state index in [9.17, 15) is 0 Å². The molecule has 0 aliphatic heterocycles. The molecule has 0 aliphatic rings. The first-order valence-corrected chi connectivity index (χ1v) is 4.30. The molecule has 62 valence electrons. The topological polar surface area (TPSA) is 0 Å². The van der Waals surface area contributed by atoms with Crippen molar-refractivity contribution in [3.8, 4) is 0 Å². The van der Waals surface area contributed by atoms with Gasteiger partial charge in [-0.2, -0.15) is 0 Å². The smallest absolute Gasteiger partial charge is 0.0406 e. The number of hydrogen-bond acceptors (Lipinski definition) is 0. The van der Waals surface area contributed by atoms with Crippen LogP contribution in [0.3, 0.4) is 0 Å². The van der Waals surface area contributed by atoms with E-state index in [0.717, 1.165) is 22.6 Å². The van der Waals surface area contributed by atoms with E-state index in [-0.39, 0.29) is 0 Å². The summed E-state index contributed by atoms with van der Waals surface area (Å²) in [7, 11) is 0. The van der Waals surface area contributed by atoms with Crippen molar-refractivity contribution in [1.82, 2.24) is 0 Å². The minimum Gasteiger partial charge on any atom is -0.125 e. The Balaban J connectivity index is 3.04. The minimum atomic E-state index is 0.762. The summed E-state index contributed by atoms with van der Waals surface area (Å²) in [6.45, 7) is 5.72. The Kier molecular flexibility index (Phi) is 3.16. The SMILES string of the molecule is C=C=C(CC)c1ccc(Cl)cc1.